The molecule has 8 heteroatoms. The number of rotatable bonds is 6. The average molecular weight is 242 g/mol. The molecule has 0 aromatic carbocycles. The Morgan fingerprint density at radius 3 is 2.07 bits per heavy atom. The summed E-state index contributed by atoms with van der Waals surface area (Å²) in [4.78, 5) is 0. The molecule has 0 amide bonds. The van der Waals surface area contributed by atoms with Crippen LogP contribution in [0.1, 0.15) is 12.8 Å². The third kappa shape index (κ3) is 9.26. The molecule has 0 radical (unpaired) electrons. The van der Waals surface area contributed by atoms with Gasteiger partial charge in [-0.25, -0.2) is 17.2 Å². The maximum absolute atomic E-state index is 12.6. The molecule has 0 saturated heterocycles. The number of alkyl halides is 3. The molecule has 0 aromatic heterocycles. The van der Waals surface area contributed by atoms with Gasteiger partial charge in [-0.3, -0.25) is 4.39 Å². The van der Waals surface area contributed by atoms with Crippen LogP contribution < -0.4 is 29.6 Å². The second-order valence-electron chi connectivity index (χ2n) is 2.59. The van der Waals surface area contributed by atoms with E-state index in [1.165, 1.54) is 0 Å². The summed E-state index contributed by atoms with van der Waals surface area (Å²) in [5, 5.41) is 0. The van der Waals surface area contributed by atoms with E-state index < -0.39 is 41.3 Å². The van der Waals surface area contributed by atoms with Crippen molar-refractivity contribution in [2.75, 3.05) is 12.4 Å². The van der Waals surface area contributed by atoms with E-state index in [0.29, 0.717) is 0 Å². The molecule has 0 saturated carbocycles. The molecule has 0 spiro atoms. The van der Waals surface area contributed by atoms with Gasteiger partial charge in [0.05, 0.1) is 22.5 Å². The molecule has 0 aliphatic carbocycles. The first-order valence-electron chi connectivity index (χ1n) is 3.64. The normalized spacial score (nSPS) is 15.7. The average Bonchev–Trinajstić information content (AvgIpc) is 1.96. The summed E-state index contributed by atoms with van der Waals surface area (Å²) in [5.74, 6) is -1.39. The van der Waals surface area contributed by atoms with Crippen LogP contribution in [-0.4, -0.2) is 37.7 Å². The summed E-state index contributed by atoms with van der Waals surface area (Å²) in [6.45, 7) is -0.794. The van der Waals surface area contributed by atoms with Crippen LogP contribution in [0.15, 0.2) is 0 Å². The SMILES string of the molecule is O=S(=O)([O-])CC(F)C(F)CCCF.[Na+]. The second kappa shape index (κ2) is 7.92. The number of hydrogen-bond donors (Lipinski definition) is 0. The van der Waals surface area contributed by atoms with Gasteiger partial charge >= 0.3 is 29.6 Å². The fourth-order valence-corrected chi connectivity index (χ4v) is 1.35. The minimum absolute atomic E-state index is 0. The van der Waals surface area contributed by atoms with Crippen LogP contribution in [-0.2, 0) is 10.1 Å². The van der Waals surface area contributed by atoms with Gasteiger partial charge in [0.1, 0.15) is 12.3 Å². The second-order valence-corrected chi connectivity index (χ2v) is 4.04. The Balaban J connectivity index is 0. The van der Waals surface area contributed by atoms with Crippen molar-refractivity contribution in [1.29, 1.82) is 0 Å². The van der Waals surface area contributed by atoms with Crippen LogP contribution in [0.2, 0.25) is 0 Å². The Kier molecular flexibility index (Phi) is 9.68. The van der Waals surface area contributed by atoms with Crippen molar-refractivity contribution in [3.8, 4) is 0 Å². The van der Waals surface area contributed by atoms with E-state index in [4.69, 9.17) is 0 Å². The van der Waals surface area contributed by atoms with E-state index in [1.54, 1.807) is 0 Å². The zero-order valence-electron chi connectivity index (χ0n) is 7.75. The van der Waals surface area contributed by atoms with Crippen LogP contribution in [0.3, 0.4) is 0 Å². The quantitative estimate of drug-likeness (QED) is 0.398. The molecular formula is C6H10F3NaO3S. The summed E-state index contributed by atoms with van der Waals surface area (Å²) in [7, 11) is -4.75. The summed E-state index contributed by atoms with van der Waals surface area (Å²) in [6, 6.07) is 0. The van der Waals surface area contributed by atoms with Crippen LogP contribution in [0, 0.1) is 0 Å². The predicted molar refractivity (Wildman–Crippen MR) is 39.6 cm³/mol. The Labute approximate surface area is 103 Å². The summed E-state index contributed by atoms with van der Waals surface area (Å²) in [5.41, 5.74) is 0. The molecule has 0 rings (SSSR count). The molecule has 0 N–H and O–H groups in total. The molecule has 2 atom stereocenters. The Morgan fingerprint density at radius 2 is 1.71 bits per heavy atom. The van der Waals surface area contributed by atoms with Gasteiger partial charge in [0, 0.05) is 0 Å². The van der Waals surface area contributed by atoms with E-state index in [9.17, 15) is 26.1 Å². The van der Waals surface area contributed by atoms with Crippen molar-refractivity contribution < 1.29 is 55.7 Å². The first-order valence-corrected chi connectivity index (χ1v) is 5.22. The van der Waals surface area contributed by atoms with Gasteiger partial charge in [-0.15, -0.1) is 0 Å². The largest absolute Gasteiger partial charge is 1.00 e. The standard InChI is InChI=1S/C6H11F3O3S.Na/c7-3-1-2-5(8)6(9)4-13(10,11)12;/h5-6H,1-4H2,(H,10,11,12);/q;+1/p-1. The van der Waals surface area contributed by atoms with Gasteiger partial charge in [0.15, 0.2) is 0 Å². The molecule has 0 heterocycles. The maximum atomic E-state index is 12.6. The van der Waals surface area contributed by atoms with Crippen LogP contribution in [0.25, 0.3) is 0 Å². The first-order chi connectivity index (χ1) is 5.87. The summed E-state index contributed by atoms with van der Waals surface area (Å²) in [6.07, 6.45) is -5.03. The molecule has 80 valence electrons. The van der Waals surface area contributed by atoms with Gasteiger partial charge in [-0.2, -0.15) is 0 Å². The molecule has 14 heavy (non-hydrogen) atoms. The third-order valence-electron chi connectivity index (χ3n) is 1.37. The van der Waals surface area contributed by atoms with Gasteiger partial charge in [-0.1, -0.05) is 0 Å². The smallest absolute Gasteiger partial charge is 0.748 e. The van der Waals surface area contributed by atoms with E-state index in [0.717, 1.165) is 0 Å². The fourth-order valence-electron chi connectivity index (χ4n) is 0.752. The van der Waals surface area contributed by atoms with Gasteiger partial charge < -0.3 is 4.55 Å². The Hall–Kier alpha value is 0.700. The van der Waals surface area contributed by atoms with E-state index in [-0.39, 0.29) is 36.0 Å². The minimum atomic E-state index is -4.75. The predicted octanol–water partition coefficient (Wildman–Crippen LogP) is -2.04. The van der Waals surface area contributed by atoms with Crippen molar-refractivity contribution in [3.63, 3.8) is 0 Å². The van der Waals surface area contributed by atoms with Crippen molar-refractivity contribution in [3.05, 3.63) is 0 Å². The molecule has 0 fully saturated rings. The van der Waals surface area contributed by atoms with Crippen molar-refractivity contribution in [2.45, 2.75) is 25.2 Å². The molecular weight excluding hydrogens is 232 g/mol. The Bertz CT molecular complexity index is 234. The minimum Gasteiger partial charge on any atom is -0.748 e. The number of halogens is 3. The zero-order chi connectivity index (χ0) is 10.5. The molecule has 2 unspecified atom stereocenters. The number of hydrogen-bond acceptors (Lipinski definition) is 3. The van der Waals surface area contributed by atoms with Crippen LogP contribution in [0.4, 0.5) is 13.2 Å². The summed E-state index contributed by atoms with van der Waals surface area (Å²) >= 11 is 0. The van der Waals surface area contributed by atoms with Gasteiger partial charge in [0.25, 0.3) is 0 Å². The van der Waals surface area contributed by atoms with Crippen molar-refractivity contribution >= 4 is 10.1 Å². The summed E-state index contributed by atoms with van der Waals surface area (Å²) < 4.78 is 66.5. The topological polar surface area (TPSA) is 57.2 Å². The zero-order valence-corrected chi connectivity index (χ0v) is 10.6. The third-order valence-corrected chi connectivity index (χ3v) is 2.10. The molecule has 0 aliphatic heterocycles. The van der Waals surface area contributed by atoms with E-state index in [1.807, 2.05) is 0 Å². The van der Waals surface area contributed by atoms with Crippen LogP contribution >= 0.6 is 0 Å². The molecule has 0 bridgehead atoms. The van der Waals surface area contributed by atoms with Crippen molar-refractivity contribution in [1.82, 2.24) is 0 Å². The fraction of sp³-hybridized carbons (Fsp3) is 1.00. The molecule has 0 aliphatic rings. The van der Waals surface area contributed by atoms with Gasteiger partial charge in [-0.05, 0) is 12.8 Å². The first kappa shape index (κ1) is 17.1. The van der Waals surface area contributed by atoms with E-state index >= 15 is 0 Å². The van der Waals surface area contributed by atoms with Gasteiger partial charge in [0.2, 0.25) is 0 Å². The Morgan fingerprint density at radius 1 is 1.21 bits per heavy atom. The monoisotopic (exact) mass is 242 g/mol. The van der Waals surface area contributed by atoms with Crippen LogP contribution in [0.5, 0.6) is 0 Å². The van der Waals surface area contributed by atoms with Crippen molar-refractivity contribution in [2.24, 2.45) is 0 Å². The van der Waals surface area contributed by atoms with E-state index in [2.05, 4.69) is 0 Å². The molecule has 0 aromatic rings. The molecule has 3 nitrogen and oxygen atoms in total. The maximum Gasteiger partial charge on any atom is 1.00 e.